The van der Waals surface area contributed by atoms with Crippen molar-refractivity contribution in [1.82, 2.24) is 4.90 Å². The number of rotatable bonds is 2. The number of hydrogen-bond acceptors (Lipinski definition) is 4. The van der Waals surface area contributed by atoms with Crippen LogP contribution in [0.1, 0.15) is 24.2 Å². The van der Waals surface area contributed by atoms with E-state index >= 15 is 0 Å². The van der Waals surface area contributed by atoms with Crippen molar-refractivity contribution in [1.29, 1.82) is 0 Å². The molecule has 0 radical (unpaired) electrons. The van der Waals surface area contributed by atoms with E-state index in [9.17, 15) is 23.7 Å². The highest BCUT2D eigenvalue weighted by atomic mass is 19.1. The van der Waals surface area contributed by atoms with Crippen LogP contribution >= 0.6 is 0 Å². The zero-order valence-electron chi connectivity index (χ0n) is 11.5. The van der Waals surface area contributed by atoms with Crippen LogP contribution < -0.4 is 0 Å². The van der Waals surface area contributed by atoms with Crippen molar-refractivity contribution in [3.8, 4) is 0 Å². The summed E-state index contributed by atoms with van der Waals surface area (Å²) in [7, 11) is 0. The largest absolute Gasteiger partial charge is 0.372 e. The molecular formula is C13H14F2N2O4. The summed E-state index contributed by atoms with van der Waals surface area (Å²) in [6, 6.07) is 1.42. The van der Waals surface area contributed by atoms with E-state index in [0.29, 0.717) is 6.07 Å². The minimum Gasteiger partial charge on any atom is -0.372 e. The van der Waals surface area contributed by atoms with Gasteiger partial charge in [0.05, 0.1) is 17.1 Å². The van der Waals surface area contributed by atoms with Crippen LogP contribution in [0.4, 0.5) is 14.5 Å². The minimum absolute atomic E-state index is 0.171. The zero-order valence-corrected chi connectivity index (χ0v) is 11.5. The third-order valence-corrected chi connectivity index (χ3v) is 3.19. The third kappa shape index (κ3) is 2.99. The second-order valence-corrected chi connectivity index (χ2v) is 4.98. The maximum atomic E-state index is 14.0. The summed E-state index contributed by atoms with van der Waals surface area (Å²) in [5.74, 6) is -3.47. The number of halogens is 2. The number of benzene rings is 1. The SMILES string of the molecule is CC1CN(C(=O)c2c(F)ccc([N+](=O)[O-])c2F)CC(C)O1. The van der Waals surface area contributed by atoms with Crippen LogP contribution in [-0.2, 0) is 4.74 Å². The molecule has 1 aromatic rings. The molecule has 2 rings (SSSR count). The Hall–Kier alpha value is -2.09. The Morgan fingerprint density at radius 3 is 2.43 bits per heavy atom. The lowest BCUT2D eigenvalue weighted by atomic mass is 10.1. The zero-order chi connectivity index (χ0) is 15.7. The van der Waals surface area contributed by atoms with Crippen molar-refractivity contribution in [2.45, 2.75) is 26.1 Å². The molecular weight excluding hydrogens is 286 g/mol. The first kappa shape index (κ1) is 15.3. The van der Waals surface area contributed by atoms with Crippen molar-refractivity contribution in [2.24, 2.45) is 0 Å². The second kappa shape index (κ2) is 5.72. The number of amides is 1. The van der Waals surface area contributed by atoms with Gasteiger partial charge >= 0.3 is 5.69 Å². The van der Waals surface area contributed by atoms with Gasteiger partial charge in [0.25, 0.3) is 5.91 Å². The molecule has 2 atom stereocenters. The van der Waals surface area contributed by atoms with E-state index in [1.807, 2.05) is 0 Å². The van der Waals surface area contributed by atoms with E-state index in [1.165, 1.54) is 4.90 Å². The maximum Gasteiger partial charge on any atom is 0.305 e. The molecule has 0 bridgehead atoms. The molecule has 114 valence electrons. The van der Waals surface area contributed by atoms with Gasteiger partial charge in [-0.3, -0.25) is 14.9 Å². The summed E-state index contributed by atoms with van der Waals surface area (Å²) in [5.41, 5.74) is -1.82. The lowest BCUT2D eigenvalue weighted by molar-refractivity contribution is -0.387. The van der Waals surface area contributed by atoms with Crippen molar-refractivity contribution >= 4 is 11.6 Å². The lowest BCUT2D eigenvalue weighted by Gasteiger charge is -2.35. The van der Waals surface area contributed by atoms with Crippen LogP contribution in [0.5, 0.6) is 0 Å². The summed E-state index contributed by atoms with van der Waals surface area (Å²) < 4.78 is 33.2. The standard InChI is InChI=1S/C13H14F2N2O4/c1-7-5-16(6-8(2)21-7)13(18)11-9(14)3-4-10(12(11)15)17(19)20/h3-4,7-8H,5-6H2,1-2H3. The van der Waals surface area contributed by atoms with E-state index < -0.39 is 33.7 Å². The molecule has 1 saturated heterocycles. The minimum atomic E-state index is -1.45. The number of morpholine rings is 1. The average molecular weight is 300 g/mol. The Kier molecular flexibility index (Phi) is 4.17. The van der Waals surface area contributed by atoms with Crippen LogP contribution in [0.15, 0.2) is 12.1 Å². The molecule has 6 nitrogen and oxygen atoms in total. The summed E-state index contributed by atoms with van der Waals surface area (Å²) in [5, 5.41) is 10.7. The molecule has 0 saturated carbocycles. The molecule has 2 unspecified atom stereocenters. The fourth-order valence-electron chi connectivity index (χ4n) is 2.38. The van der Waals surface area contributed by atoms with E-state index in [1.54, 1.807) is 13.8 Å². The van der Waals surface area contributed by atoms with Gasteiger partial charge in [0.15, 0.2) is 0 Å². The lowest BCUT2D eigenvalue weighted by Crippen LogP contribution is -2.48. The van der Waals surface area contributed by atoms with Crippen LogP contribution in [0, 0.1) is 21.7 Å². The molecule has 8 heteroatoms. The fourth-order valence-corrected chi connectivity index (χ4v) is 2.38. The van der Waals surface area contributed by atoms with E-state index in [-0.39, 0.29) is 25.3 Å². The number of nitrogens with zero attached hydrogens (tertiary/aromatic N) is 2. The van der Waals surface area contributed by atoms with Gasteiger partial charge in [-0.2, -0.15) is 4.39 Å². The number of ether oxygens (including phenoxy) is 1. The van der Waals surface area contributed by atoms with Crippen LogP contribution in [0.2, 0.25) is 0 Å². The normalized spacial score (nSPS) is 22.2. The van der Waals surface area contributed by atoms with Gasteiger partial charge in [-0.25, -0.2) is 4.39 Å². The number of nitro groups is 1. The maximum absolute atomic E-state index is 14.0. The van der Waals surface area contributed by atoms with Gasteiger partial charge in [0.1, 0.15) is 11.4 Å². The molecule has 1 heterocycles. The second-order valence-electron chi connectivity index (χ2n) is 4.98. The molecule has 1 aliphatic heterocycles. The Morgan fingerprint density at radius 2 is 1.90 bits per heavy atom. The Morgan fingerprint density at radius 1 is 1.33 bits per heavy atom. The van der Waals surface area contributed by atoms with E-state index in [0.717, 1.165) is 6.07 Å². The van der Waals surface area contributed by atoms with Crippen molar-refractivity contribution in [3.05, 3.63) is 39.4 Å². The Bertz CT molecular complexity index is 584. The highest BCUT2D eigenvalue weighted by molar-refractivity contribution is 5.95. The molecule has 1 fully saturated rings. The number of hydrogen-bond donors (Lipinski definition) is 0. The number of carbonyl (C=O) groups excluding carboxylic acids is 1. The molecule has 0 N–H and O–H groups in total. The quantitative estimate of drug-likeness (QED) is 0.619. The van der Waals surface area contributed by atoms with Gasteiger partial charge in [-0.15, -0.1) is 0 Å². The monoisotopic (exact) mass is 300 g/mol. The van der Waals surface area contributed by atoms with Crippen molar-refractivity contribution in [3.63, 3.8) is 0 Å². The van der Waals surface area contributed by atoms with E-state index in [2.05, 4.69) is 0 Å². The van der Waals surface area contributed by atoms with Gasteiger partial charge in [0, 0.05) is 19.2 Å². The average Bonchev–Trinajstić information content (AvgIpc) is 2.36. The molecule has 0 aromatic heterocycles. The third-order valence-electron chi connectivity index (χ3n) is 3.19. The first-order valence-corrected chi connectivity index (χ1v) is 6.38. The van der Waals surface area contributed by atoms with Gasteiger partial charge in [-0.05, 0) is 19.9 Å². The molecule has 1 aromatic carbocycles. The Labute approximate surface area is 119 Å². The smallest absolute Gasteiger partial charge is 0.305 e. The number of carbonyl (C=O) groups is 1. The summed E-state index contributed by atoms with van der Waals surface area (Å²) >= 11 is 0. The highest BCUT2D eigenvalue weighted by Gasteiger charge is 2.32. The highest BCUT2D eigenvalue weighted by Crippen LogP contribution is 2.25. The molecule has 1 amide bonds. The van der Waals surface area contributed by atoms with Gasteiger partial charge < -0.3 is 9.64 Å². The van der Waals surface area contributed by atoms with Crippen LogP contribution in [0.3, 0.4) is 0 Å². The summed E-state index contributed by atoms with van der Waals surface area (Å²) in [6.07, 6.45) is -0.551. The van der Waals surface area contributed by atoms with Crippen LogP contribution in [0.25, 0.3) is 0 Å². The van der Waals surface area contributed by atoms with Crippen molar-refractivity contribution in [2.75, 3.05) is 13.1 Å². The molecule has 0 spiro atoms. The predicted octanol–water partition coefficient (Wildman–Crippen LogP) is 2.12. The molecule has 21 heavy (non-hydrogen) atoms. The van der Waals surface area contributed by atoms with E-state index in [4.69, 9.17) is 4.74 Å². The first-order valence-electron chi connectivity index (χ1n) is 6.38. The molecule has 0 aliphatic carbocycles. The molecule has 1 aliphatic rings. The fraction of sp³-hybridized carbons (Fsp3) is 0.462. The Balaban J connectivity index is 2.39. The first-order chi connectivity index (χ1) is 9.81. The van der Waals surface area contributed by atoms with Crippen molar-refractivity contribution < 1.29 is 23.2 Å². The summed E-state index contributed by atoms with van der Waals surface area (Å²) in [6.45, 7) is 3.81. The van der Waals surface area contributed by atoms with Gasteiger partial charge in [0.2, 0.25) is 5.82 Å². The summed E-state index contributed by atoms with van der Waals surface area (Å²) in [4.78, 5) is 23.2. The van der Waals surface area contributed by atoms with Crippen LogP contribution in [-0.4, -0.2) is 41.0 Å². The van der Waals surface area contributed by atoms with Gasteiger partial charge in [-0.1, -0.05) is 0 Å². The topological polar surface area (TPSA) is 72.7 Å². The predicted molar refractivity (Wildman–Crippen MR) is 68.9 cm³/mol. The number of nitro benzene ring substituents is 1.